The Kier molecular flexibility index (Phi) is 4.82. The molecule has 0 radical (unpaired) electrons. The quantitative estimate of drug-likeness (QED) is 0.826. The molecule has 1 aliphatic rings. The normalized spacial score (nSPS) is 23.2. The lowest BCUT2D eigenvalue weighted by Gasteiger charge is -2.29. The summed E-state index contributed by atoms with van der Waals surface area (Å²) in [5, 5.41) is 7.62. The van der Waals surface area contributed by atoms with Crippen molar-refractivity contribution in [1.82, 2.24) is 9.78 Å². The average Bonchev–Trinajstić information content (AvgIpc) is 2.78. The summed E-state index contributed by atoms with van der Waals surface area (Å²) < 4.78 is 1.58. The van der Waals surface area contributed by atoms with Crippen molar-refractivity contribution in [3.63, 3.8) is 0 Å². The Morgan fingerprint density at radius 1 is 1.47 bits per heavy atom. The van der Waals surface area contributed by atoms with Crippen molar-refractivity contribution in [3.05, 3.63) is 12.4 Å². The molecule has 19 heavy (non-hydrogen) atoms. The van der Waals surface area contributed by atoms with Crippen LogP contribution in [-0.4, -0.2) is 21.7 Å². The molecule has 1 aromatic rings. The van der Waals surface area contributed by atoms with E-state index in [1.807, 2.05) is 6.20 Å². The van der Waals surface area contributed by atoms with E-state index >= 15 is 0 Å². The van der Waals surface area contributed by atoms with Crippen molar-refractivity contribution in [2.45, 2.75) is 58.0 Å². The summed E-state index contributed by atoms with van der Waals surface area (Å²) in [5.74, 6) is 0.551. The smallest absolute Gasteiger partial charge is 0.239 e. The van der Waals surface area contributed by atoms with Crippen LogP contribution < -0.4 is 11.1 Å². The van der Waals surface area contributed by atoms with E-state index in [4.69, 9.17) is 5.73 Å². The fraction of sp³-hybridized carbons (Fsp3) is 0.714. The molecule has 0 spiro atoms. The number of nitrogens with one attached hydrogen (secondary N) is 1. The minimum Gasteiger partial charge on any atom is -0.380 e. The van der Waals surface area contributed by atoms with Gasteiger partial charge in [-0.2, -0.15) is 5.10 Å². The maximum absolute atomic E-state index is 10.8. The number of nitrogens with zero attached hydrogens (tertiary/aromatic N) is 2. The Morgan fingerprint density at radius 3 is 2.84 bits per heavy atom. The van der Waals surface area contributed by atoms with Crippen LogP contribution in [0.4, 0.5) is 5.69 Å². The SMILES string of the molecule is CCCC1CCC(Nc2cnn(CC(N)=O)c2)CC1. The van der Waals surface area contributed by atoms with E-state index in [1.54, 1.807) is 10.9 Å². The third-order valence-electron chi connectivity index (χ3n) is 3.87. The van der Waals surface area contributed by atoms with E-state index in [1.165, 1.54) is 38.5 Å². The lowest BCUT2D eigenvalue weighted by Crippen LogP contribution is -2.25. The molecule has 1 aliphatic carbocycles. The molecule has 1 aromatic heterocycles. The molecule has 0 saturated heterocycles. The molecular weight excluding hydrogens is 240 g/mol. The molecule has 5 heteroatoms. The van der Waals surface area contributed by atoms with Gasteiger partial charge in [-0.3, -0.25) is 9.48 Å². The number of amides is 1. The zero-order valence-corrected chi connectivity index (χ0v) is 11.6. The number of hydrogen-bond donors (Lipinski definition) is 2. The van der Waals surface area contributed by atoms with Gasteiger partial charge in [-0.1, -0.05) is 19.8 Å². The summed E-state index contributed by atoms with van der Waals surface area (Å²) in [6.45, 7) is 2.41. The van der Waals surface area contributed by atoms with Gasteiger partial charge in [0.05, 0.1) is 11.9 Å². The van der Waals surface area contributed by atoms with E-state index in [0.29, 0.717) is 6.04 Å². The van der Waals surface area contributed by atoms with Gasteiger partial charge in [0.15, 0.2) is 0 Å². The van der Waals surface area contributed by atoms with E-state index in [9.17, 15) is 4.79 Å². The summed E-state index contributed by atoms with van der Waals surface area (Å²) in [5.41, 5.74) is 6.13. The Balaban J connectivity index is 1.79. The average molecular weight is 264 g/mol. The number of nitrogens with two attached hydrogens (primary N) is 1. The van der Waals surface area contributed by atoms with Gasteiger partial charge in [0.1, 0.15) is 6.54 Å². The van der Waals surface area contributed by atoms with Crippen LogP contribution in [0.2, 0.25) is 0 Å². The van der Waals surface area contributed by atoms with Crippen LogP contribution in [-0.2, 0) is 11.3 Å². The number of hydrogen-bond acceptors (Lipinski definition) is 3. The van der Waals surface area contributed by atoms with E-state index in [-0.39, 0.29) is 12.5 Å². The van der Waals surface area contributed by atoms with Gasteiger partial charge in [-0.05, 0) is 31.6 Å². The Hall–Kier alpha value is -1.52. The third-order valence-corrected chi connectivity index (χ3v) is 3.87. The maximum Gasteiger partial charge on any atom is 0.239 e. The third kappa shape index (κ3) is 4.26. The first-order chi connectivity index (χ1) is 9.17. The van der Waals surface area contributed by atoms with Crippen LogP contribution in [0.1, 0.15) is 45.4 Å². The van der Waals surface area contributed by atoms with Crippen LogP contribution in [0, 0.1) is 5.92 Å². The molecule has 0 aliphatic heterocycles. The first-order valence-corrected chi connectivity index (χ1v) is 7.24. The van der Waals surface area contributed by atoms with Crippen molar-refractivity contribution in [3.8, 4) is 0 Å². The van der Waals surface area contributed by atoms with Crippen LogP contribution in [0.3, 0.4) is 0 Å². The highest BCUT2D eigenvalue weighted by molar-refractivity contribution is 5.73. The molecule has 0 unspecified atom stereocenters. The minimum absolute atomic E-state index is 0.144. The number of primary amides is 1. The van der Waals surface area contributed by atoms with Crippen molar-refractivity contribution in [1.29, 1.82) is 0 Å². The minimum atomic E-state index is -0.366. The maximum atomic E-state index is 10.8. The molecule has 0 atom stereocenters. The summed E-state index contributed by atoms with van der Waals surface area (Å²) in [6.07, 6.45) is 11.4. The van der Waals surface area contributed by atoms with Crippen molar-refractivity contribution in [2.24, 2.45) is 11.7 Å². The van der Waals surface area contributed by atoms with Gasteiger partial charge in [0.2, 0.25) is 5.91 Å². The van der Waals surface area contributed by atoms with Crippen LogP contribution in [0.15, 0.2) is 12.4 Å². The van der Waals surface area contributed by atoms with Crippen molar-refractivity contribution >= 4 is 11.6 Å². The number of carbonyl (C=O) groups is 1. The van der Waals surface area contributed by atoms with Crippen LogP contribution in [0.25, 0.3) is 0 Å². The van der Waals surface area contributed by atoms with E-state index in [0.717, 1.165) is 11.6 Å². The van der Waals surface area contributed by atoms with Gasteiger partial charge in [-0.25, -0.2) is 0 Å². The highest BCUT2D eigenvalue weighted by atomic mass is 16.1. The molecule has 1 amide bonds. The van der Waals surface area contributed by atoms with Crippen molar-refractivity contribution in [2.75, 3.05) is 5.32 Å². The standard InChI is InChI=1S/C14H24N4O/c1-2-3-11-4-6-12(7-5-11)17-13-8-16-18(9-13)10-14(15)19/h8-9,11-12,17H,2-7,10H2,1H3,(H2,15,19). The second-order valence-electron chi connectivity index (χ2n) is 5.54. The monoisotopic (exact) mass is 264 g/mol. The first-order valence-electron chi connectivity index (χ1n) is 7.24. The predicted octanol–water partition coefficient (Wildman–Crippen LogP) is 2.14. The molecular formula is C14H24N4O. The molecule has 0 aromatic carbocycles. The molecule has 0 bridgehead atoms. The number of rotatable bonds is 6. The largest absolute Gasteiger partial charge is 0.380 e. The molecule has 1 fully saturated rings. The Labute approximate surface area is 114 Å². The lowest BCUT2D eigenvalue weighted by molar-refractivity contribution is -0.118. The van der Waals surface area contributed by atoms with Gasteiger partial charge >= 0.3 is 0 Å². The first kappa shape index (κ1) is 13.9. The summed E-state index contributed by atoms with van der Waals surface area (Å²) in [6, 6.07) is 0.541. The predicted molar refractivity (Wildman–Crippen MR) is 75.7 cm³/mol. The fourth-order valence-corrected chi connectivity index (χ4v) is 2.92. The second-order valence-corrected chi connectivity index (χ2v) is 5.54. The Bertz CT molecular complexity index is 407. The highest BCUT2D eigenvalue weighted by Gasteiger charge is 2.20. The van der Waals surface area contributed by atoms with Gasteiger partial charge in [0, 0.05) is 12.2 Å². The lowest BCUT2D eigenvalue weighted by atomic mass is 9.83. The second kappa shape index (κ2) is 6.59. The fourth-order valence-electron chi connectivity index (χ4n) is 2.92. The van der Waals surface area contributed by atoms with E-state index < -0.39 is 0 Å². The van der Waals surface area contributed by atoms with Gasteiger partial charge in [-0.15, -0.1) is 0 Å². The highest BCUT2D eigenvalue weighted by Crippen LogP contribution is 2.29. The van der Waals surface area contributed by atoms with Crippen LogP contribution >= 0.6 is 0 Å². The summed E-state index contributed by atoms with van der Waals surface area (Å²) in [4.78, 5) is 10.8. The topological polar surface area (TPSA) is 72.9 Å². The Morgan fingerprint density at radius 2 is 2.21 bits per heavy atom. The van der Waals surface area contributed by atoms with Crippen molar-refractivity contribution < 1.29 is 4.79 Å². The molecule has 1 saturated carbocycles. The zero-order valence-electron chi connectivity index (χ0n) is 11.6. The molecule has 3 N–H and O–H groups in total. The summed E-state index contributed by atoms with van der Waals surface area (Å²) in [7, 11) is 0. The zero-order chi connectivity index (χ0) is 13.7. The van der Waals surface area contributed by atoms with Gasteiger partial charge < -0.3 is 11.1 Å². The van der Waals surface area contributed by atoms with Gasteiger partial charge in [0.25, 0.3) is 0 Å². The number of aromatic nitrogens is 2. The molecule has 1 heterocycles. The molecule has 106 valence electrons. The number of anilines is 1. The molecule has 2 rings (SSSR count). The van der Waals surface area contributed by atoms with E-state index in [2.05, 4.69) is 17.3 Å². The number of carbonyl (C=O) groups excluding carboxylic acids is 1. The molecule has 5 nitrogen and oxygen atoms in total. The summed E-state index contributed by atoms with van der Waals surface area (Å²) >= 11 is 0. The van der Waals surface area contributed by atoms with Crippen LogP contribution in [0.5, 0.6) is 0 Å².